The van der Waals surface area contributed by atoms with Crippen LogP contribution in [0.4, 0.5) is 5.69 Å². The van der Waals surface area contributed by atoms with Crippen molar-refractivity contribution in [2.75, 3.05) is 18.4 Å². The maximum atomic E-state index is 12.8. The summed E-state index contributed by atoms with van der Waals surface area (Å²) in [7, 11) is -3.50. The molecule has 0 atom stereocenters. The van der Waals surface area contributed by atoms with E-state index in [2.05, 4.69) is 17.3 Å². The van der Waals surface area contributed by atoms with Crippen molar-refractivity contribution in [2.24, 2.45) is 5.92 Å². The highest BCUT2D eigenvalue weighted by Gasteiger charge is 2.27. The fourth-order valence-electron chi connectivity index (χ4n) is 3.50. The van der Waals surface area contributed by atoms with Crippen LogP contribution in [0.5, 0.6) is 0 Å². The number of piperidine rings is 1. The summed E-state index contributed by atoms with van der Waals surface area (Å²) in [5.74, 6) is 0.283. The summed E-state index contributed by atoms with van der Waals surface area (Å²) in [5, 5.41) is 6.99. The maximum absolute atomic E-state index is 12.8. The van der Waals surface area contributed by atoms with Crippen LogP contribution in [0, 0.1) is 5.92 Å². The molecule has 2 heterocycles. The van der Waals surface area contributed by atoms with E-state index >= 15 is 0 Å². The third kappa shape index (κ3) is 4.29. The number of anilines is 1. The van der Waals surface area contributed by atoms with Crippen molar-refractivity contribution in [1.82, 2.24) is 14.1 Å². The third-order valence-electron chi connectivity index (χ3n) is 5.37. The van der Waals surface area contributed by atoms with Gasteiger partial charge in [0.15, 0.2) is 0 Å². The number of benzene rings is 2. The first-order valence-electron chi connectivity index (χ1n) is 9.95. The minimum absolute atomic E-state index is 0.246. The first-order valence-corrected chi connectivity index (χ1v) is 11.4. The molecule has 30 heavy (non-hydrogen) atoms. The lowest BCUT2D eigenvalue weighted by Gasteiger charge is -2.29. The summed E-state index contributed by atoms with van der Waals surface area (Å²) in [6.45, 7) is 3.25. The van der Waals surface area contributed by atoms with E-state index in [9.17, 15) is 13.2 Å². The van der Waals surface area contributed by atoms with Crippen molar-refractivity contribution in [3.05, 3.63) is 72.6 Å². The zero-order chi connectivity index (χ0) is 21.1. The Morgan fingerprint density at radius 1 is 1.07 bits per heavy atom. The Bertz CT molecular complexity index is 1120. The molecular weight excluding hydrogens is 400 g/mol. The van der Waals surface area contributed by atoms with Crippen molar-refractivity contribution >= 4 is 21.6 Å². The van der Waals surface area contributed by atoms with Crippen LogP contribution >= 0.6 is 0 Å². The van der Waals surface area contributed by atoms with Gasteiger partial charge in [0.1, 0.15) is 0 Å². The van der Waals surface area contributed by atoms with Gasteiger partial charge in [0.05, 0.1) is 10.6 Å². The van der Waals surface area contributed by atoms with Gasteiger partial charge < -0.3 is 5.32 Å². The normalized spacial score (nSPS) is 15.8. The molecule has 1 N–H and O–H groups in total. The number of sulfonamides is 1. The Balaban J connectivity index is 1.46. The molecule has 2 aromatic carbocycles. The van der Waals surface area contributed by atoms with Gasteiger partial charge in [-0.05, 0) is 67.3 Å². The molecule has 7 nitrogen and oxygen atoms in total. The number of hydrogen-bond donors (Lipinski definition) is 1. The predicted molar refractivity (Wildman–Crippen MR) is 115 cm³/mol. The number of carbonyl (C=O) groups excluding carboxylic acids is 1. The predicted octanol–water partition coefficient (Wildman–Crippen LogP) is 3.55. The van der Waals surface area contributed by atoms with Gasteiger partial charge in [-0.15, -0.1) is 0 Å². The molecule has 0 bridgehead atoms. The molecule has 1 aliphatic heterocycles. The number of nitrogens with one attached hydrogen (secondary N) is 1. The molecule has 1 fully saturated rings. The number of aromatic nitrogens is 2. The summed E-state index contributed by atoms with van der Waals surface area (Å²) in [6.07, 6.45) is 5.24. The van der Waals surface area contributed by atoms with Crippen molar-refractivity contribution in [2.45, 2.75) is 24.7 Å². The molecule has 156 valence electrons. The fraction of sp³-hybridized carbons (Fsp3) is 0.273. The lowest BCUT2D eigenvalue weighted by atomic mass is 10.0. The van der Waals surface area contributed by atoms with E-state index in [1.165, 1.54) is 0 Å². The number of carbonyl (C=O) groups is 1. The van der Waals surface area contributed by atoms with Gasteiger partial charge in [0, 0.05) is 36.7 Å². The molecule has 0 saturated carbocycles. The van der Waals surface area contributed by atoms with Crippen LogP contribution in [0.1, 0.15) is 30.1 Å². The van der Waals surface area contributed by atoms with Gasteiger partial charge in [-0.25, -0.2) is 13.1 Å². The van der Waals surface area contributed by atoms with E-state index in [1.807, 2.05) is 12.1 Å². The molecule has 0 spiro atoms. The minimum atomic E-state index is -3.50. The summed E-state index contributed by atoms with van der Waals surface area (Å²) in [5.41, 5.74) is 1.81. The van der Waals surface area contributed by atoms with Crippen molar-refractivity contribution in [1.29, 1.82) is 0 Å². The van der Waals surface area contributed by atoms with E-state index in [0.29, 0.717) is 30.3 Å². The lowest BCUT2D eigenvalue weighted by molar-refractivity contribution is 0.102. The Morgan fingerprint density at radius 3 is 2.47 bits per heavy atom. The average molecular weight is 425 g/mol. The SMILES string of the molecule is CC1CCN(S(=O)(=O)c2ccc(NC(=O)c3cccc(-n4cccn4)c3)cc2)CC1. The van der Waals surface area contributed by atoms with Crippen molar-refractivity contribution in [3.8, 4) is 5.69 Å². The average Bonchev–Trinajstić information content (AvgIpc) is 3.30. The molecule has 0 aliphatic carbocycles. The number of amides is 1. The minimum Gasteiger partial charge on any atom is -0.322 e. The second-order valence-electron chi connectivity index (χ2n) is 7.57. The van der Waals surface area contributed by atoms with Crippen LogP contribution in [0.3, 0.4) is 0 Å². The van der Waals surface area contributed by atoms with Crippen LogP contribution in [-0.2, 0) is 10.0 Å². The summed E-state index contributed by atoms with van der Waals surface area (Å²) in [4.78, 5) is 12.9. The van der Waals surface area contributed by atoms with Gasteiger partial charge in [-0.1, -0.05) is 13.0 Å². The highest BCUT2D eigenvalue weighted by Crippen LogP contribution is 2.24. The molecule has 1 saturated heterocycles. The second kappa shape index (κ2) is 8.41. The van der Waals surface area contributed by atoms with Crippen LogP contribution in [0.15, 0.2) is 71.9 Å². The molecule has 0 radical (unpaired) electrons. The van der Waals surface area contributed by atoms with Crippen molar-refractivity contribution in [3.63, 3.8) is 0 Å². The topological polar surface area (TPSA) is 84.3 Å². The van der Waals surface area contributed by atoms with Crippen LogP contribution in [-0.4, -0.2) is 41.5 Å². The van der Waals surface area contributed by atoms with E-state index in [-0.39, 0.29) is 10.8 Å². The van der Waals surface area contributed by atoms with E-state index < -0.39 is 10.0 Å². The van der Waals surface area contributed by atoms with Crippen LogP contribution in [0.25, 0.3) is 5.69 Å². The molecule has 1 aromatic heterocycles. The quantitative estimate of drug-likeness (QED) is 0.679. The maximum Gasteiger partial charge on any atom is 0.255 e. The highest BCUT2D eigenvalue weighted by molar-refractivity contribution is 7.89. The molecule has 8 heteroatoms. The summed E-state index contributed by atoms with van der Waals surface area (Å²) < 4.78 is 28.9. The first-order chi connectivity index (χ1) is 14.4. The number of hydrogen-bond acceptors (Lipinski definition) is 4. The Morgan fingerprint density at radius 2 is 1.80 bits per heavy atom. The van der Waals surface area contributed by atoms with Crippen molar-refractivity contribution < 1.29 is 13.2 Å². The zero-order valence-electron chi connectivity index (χ0n) is 16.7. The molecule has 4 rings (SSSR count). The fourth-order valence-corrected chi connectivity index (χ4v) is 4.97. The van der Waals surface area contributed by atoms with Gasteiger partial charge in [-0.2, -0.15) is 9.40 Å². The monoisotopic (exact) mass is 424 g/mol. The van der Waals surface area contributed by atoms with Gasteiger partial charge in [0.2, 0.25) is 10.0 Å². The molecule has 1 amide bonds. The molecule has 1 aliphatic rings. The van der Waals surface area contributed by atoms with Gasteiger partial charge in [-0.3, -0.25) is 4.79 Å². The Labute approximate surface area is 176 Å². The zero-order valence-corrected chi connectivity index (χ0v) is 17.5. The Hall–Kier alpha value is -2.97. The third-order valence-corrected chi connectivity index (χ3v) is 7.28. The molecule has 3 aromatic rings. The van der Waals surface area contributed by atoms with Crippen LogP contribution in [0.2, 0.25) is 0 Å². The van der Waals surface area contributed by atoms with E-state index in [1.54, 1.807) is 63.8 Å². The van der Waals surface area contributed by atoms with E-state index in [4.69, 9.17) is 0 Å². The first kappa shape index (κ1) is 20.3. The number of nitrogens with zero attached hydrogens (tertiary/aromatic N) is 3. The van der Waals surface area contributed by atoms with E-state index in [0.717, 1.165) is 18.5 Å². The standard InChI is InChI=1S/C22H24N4O3S/c1-17-10-14-25(15-11-17)30(28,29)21-8-6-19(7-9-21)24-22(27)18-4-2-5-20(16-18)26-13-3-12-23-26/h2-9,12-13,16-17H,10-11,14-15H2,1H3,(H,24,27). The molecule has 0 unspecified atom stereocenters. The van der Waals surface area contributed by atoms with Gasteiger partial charge >= 0.3 is 0 Å². The lowest BCUT2D eigenvalue weighted by Crippen LogP contribution is -2.37. The Kier molecular flexibility index (Phi) is 5.69. The largest absolute Gasteiger partial charge is 0.322 e. The summed E-state index contributed by atoms with van der Waals surface area (Å²) in [6, 6.07) is 15.3. The smallest absolute Gasteiger partial charge is 0.255 e. The van der Waals surface area contributed by atoms with Gasteiger partial charge in [0.25, 0.3) is 5.91 Å². The second-order valence-corrected chi connectivity index (χ2v) is 9.50. The van der Waals surface area contributed by atoms with Crippen LogP contribution < -0.4 is 5.32 Å². The number of rotatable bonds is 5. The summed E-state index contributed by atoms with van der Waals surface area (Å²) >= 11 is 0. The highest BCUT2D eigenvalue weighted by atomic mass is 32.2. The molecular formula is C22H24N4O3S.